The smallest absolute Gasteiger partial charge is 0.324 e. The lowest BCUT2D eigenvalue weighted by molar-refractivity contribution is -0.155. The zero-order valence-electron chi connectivity index (χ0n) is 39.5. The van der Waals surface area contributed by atoms with Crippen LogP contribution in [0.15, 0.2) is 72.3 Å². The van der Waals surface area contributed by atoms with E-state index in [0.29, 0.717) is 44.5 Å². The summed E-state index contributed by atoms with van der Waals surface area (Å²) in [6.07, 6.45) is 6.03. The molecule has 3 aliphatic heterocycles. The number of carbonyl (C=O) groups excluding carboxylic acids is 5. The third-order valence-corrected chi connectivity index (χ3v) is 13.3. The van der Waals surface area contributed by atoms with Gasteiger partial charge in [-0.1, -0.05) is 40.3 Å². The van der Waals surface area contributed by atoms with Gasteiger partial charge in [-0.05, 0) is 93.5 Å². The normalized spacial score (nSPS) is 21.0. The number of hydrazine groups is 1. The first-order chi connectivity index (χ1) is 31.5. The molecule has 66 heavy (non-hydrogen) atoms. The zero-order valence-corrected chi connectivity index (χ0v) is 39.5. The summed E-state index contributed by atoms with van der Waals surface area (Å²) in [6, 6.07) is 10.2. The highest BCUT2D eigenvalue weighted by molar-refractivity contribution is 5.95. The summed E-state index contributed by atoms with van der Waals surface area (Å²) >= 11 is 0. The molecule has 2 fully saturated rings. The predicted octanol–water partition coefficient (Wildman–Crippen LogP) is 4.75. The second-order valence-corrected chi connectivity index (χ2v) is 18.9. The van der Waals surface area contributed by atoms with Crippen LogP contribution in [-0.2, 0) is 52.8 Å². The number of aryl methyl sites for hydroxylation is 1. The first kappa shape index (κ1) is 47.8. The Hall–Kier alpha value is -6.13. The van der Waals surface area contributed by atoms with Crippen LogP contribution in [0.4, 0.5) is 0 Å². The fraction of sp³-hybridized carbons (Fsp3) is 0.500. The van der Waals surface area contributed by atoms with Crippen molar-refractivity contribution in [2.45, 2.75) is 104 Å². The highest BCUT2D eigenvalue weighted by Gasteiger charge is 2.40. The molecular formula is C50H64N8O8. The molecular weight excluding hydrogens is 841 g/mol. The van der Waals surface area contributed by atoms with Crippen LogP contribution in [0, 0.1) is 17.3 Å². The Kier molecular flexibility index (Phi) is 14.3. The van der Waals surface area contributed by atoms with Crippen molar-refractivity contribution in [3.8, 4) is 16.9 Å². The molecule has 0 aliphatic carbocycles. The van der Waals surface area contributed by atoms with Gasteiger partial charge in [-0.15, -0.1) is 0 Å². The standard InChI is InChI=1S/C50H64N8O8/c1-10-41(59)55-24-20-33(28-55)46(61)54(8)43(30(3)4)45(60)52-39-25-32-15-13-22-57(47(32)62)34-18-19-40-36(26-34)37(44(56(40)11-2)35-16-12-21-51-42(35)31(5)65-9)27-50(6,7)29-66-49(64)38-17-14-23-58(53-38)48(39)63/h10,12-13,15-16,18-19,21-22,26,30-31,33,38-39,43,53H,1,11,14,17,20,23-25,27-29H2,2-9H3,(H,52,60)/t31-,33-,38-,39-,43-/m0/s1. The number of hydrogen-bond acceptors (Lipinski definition) is 10. The highest BCUT2D eigenvalue weighted by atomic mass is 16.5. The van der Waals surface area contributed by atoms with Gasteiger partial charge in [0, 0.05) is 92.3 Å². The molecule has 6 heterocycles. The Bertz CT molecular complexity index is 2580. The molecule has 1 aromatic carbocycles. The Labute approximate surface area is 386 Å². The van der Waals surface area contributed by atoms with Gasteiger partial charge in [0.1, 0.15) is 18.1 Å². The van der Waals surface area contributed by atoms with E-state index in [1.54, 1.807) is 48.2 Å². The first-order valence-electron chi connectivity index (χ1n) is 23.0. The number of cyclic esters (lactones) is 1. The largest absolute Gasteiger partial charge is 0.464 e. The summed E-state index contributed by atoms with van der Waals surface area (Å²) in [7, 11) is 3.22. The van der Waals surface area contributed by atoms with E-state index >= 15 is 0 Å². The first-order valence-corrected chi connectivity index (χ1v) is 23.0. The van der Waals surface area contributed by atoms with E-state index in [4.69, 9.17) is 14.5 Å². The molecule has 4 amide bonds. The summed E-state index contributed by atoms with van der Waals surface area (Å²) in [6.45, 7) is 16.9. The van der Waals surface area contributed by atoms with Crippen LogP contribution >= 0.6 is 0 Å². The molecule has 0 saturated carbocycles. The molecule has 5 atom stereocenters. The molecule has 7 rings (SSSR count). The van der Waals surface area contributed by atoms with Gasteiger partial charge in [0.2, 0.25) is 17.7 Å². The molecule has 0 radical (unpaired) electrons. The summed E-state index contributed by atoms with van der Waals surface area (Å²) in [5.74, 6) is -3.06. The van der Waals surface area contributed by atoms with Crippen molar-refractivity contribution >= 4 is 40.5 Å². The summed E-state index contributed by atoms with van der Waals surface area (Å²) in [4.78, 5) is 91.7. The van der Waals surface area contributed by atoms with Crippen molar-refractivity contribution in [2.24, 2.45) is 17.3 Å². The highest BCUT2D eigenvalue weighted by Crippen LogP contribution is 2.41. The minimum absolute atomic E-state index is 0.0801. The molecule has 3 aliphatic rings. The molecule has 16 heteroatoms. The lowest BCUT2D eigenvalue weighted by Gasteiger charge is -2.37. The van der Waals surface area contributed by atoms with Crippen LogP contribution in [0.1, 0.15) is 83.7 Å². The summed E-state index contributed by atoms with van der Waals surface area (Å²) in [5.41, 5.74) is 7.65. The molecule has 352 valence electrons. The van der Waals surface area contributed by atoms with Crippen LogP contribution < -0.4 is 16.3 Å². The Balaban J connectivity index is 1.32. The number of nitrogens with zero attached hydrogens (tertiary/aromatic N) is 6. The molecule has 16 nitrogen and oxygen atoms in total. The van der Waals surface area contributed by atoms with Crippen molar-refractivity contribution < 1.29 is 33.4 Å². The monoisotopic (exact) mass is 904 g/mol. The van der Waals surface area contributed by atoms with E-state index < -0.39 is 47.2 Å². The van der Waals surface area contributed by atoms with Gasteiger partial charge in [0.15, 0.2) is 0 Å². The number of likely N-dealkylation sites (N-methyl/N-ethyl adjacent to an activating group) is 1. The van der Waals surface area contributed by atoms with Gasteiger partial charge in [0.05, 0.1) is 30.0 Å². The van der Waals surface area contributed by atoms with E-state index in [1.807, 2.05) is 45.0 Å². The second-order valence-electron chi connectivity index (χ2n) is 18.9. The second kappa shape index (κ2) is 19.8. The SMILES string of the molecule is C=CC(=O)N1CC[C@H](C(=O)N(C)[C@H](C(=O)N[C@H]2Cc3cccn(c3=O)-c3ccc4c(c3)c(c(-c3cccnc3[C@H](C)OC)n4CC)CC(C)(C)COC(=O)[C@@H]3CCCN(N3)C2=O)C(C)C)C1. The Morgan fingerprint density at radius 2 is 1.86 bits per heavy atom. The van der Waals surface area contributed by atoms with Crippen molar-refractivity contribution in [1.29, 1.82) is 0 Å². The lowest BCUT2D eigenvalue weighted by atomic mass is 9.84. The molecule has 0 unspecified atom stereocenters. The van der Waals surface area contributed by atoms with Gasteiger partial charge in [-0.3, -0.25) is 43.3 Å². The van der Waals surface area contributed by atoms with Gasteiger partial charge in [0.25, 0.3) is 11.5 Å². The van der Waals surface area contributed by atoms with Crippen molar-refractivity contribution in [3.63, 3.8) is 0 Å². The van der Waals surface area contributed by atoms with Crippen LogP contribution in [0.3, 0.4) is 0 Å². The maximum Gasteiger partial charge on any atom is 0.324 e. The van der Waals surface area contributed by atoms with Crippen molar-refractivity contribution in [1.82, 2.24) is 39.7 Å². The van der Waals surface area contributed by atoms with E-state index in [0.717, 1.165) is 33.4 Å². The molecule has 6 bridgehead atoms. The number of aromatic nitrogens is 3. The predicted molar refractivity (Wildman–Crippen MR) is 250 cm³/mol. The Morgan fingerprint density at radius 1 is 1.09 bits per heavy atom. The fourth-order valence-electron chi connectivity index (χ4n) is 9.85. The Morgan fingerprint density at radius 3 is 2.58 bits per heavy atom. The van der Waals surface area contributed by atoms with Crippen molar-refractivity contribution in [3.05, 3.63) is 94.7 Å². The minimum atomic E-state index is -1.27. The van der Waals surface area contributed by atoms with E-state index in [-0.39, 0.29) is 61.1 Å². The maximum atomic E-state index is 14.7. The zero-order chi connectivity index (χ0) is 47.6. The number of fused-ring (bicyclic) bond motifs is 6. The molecule has 0 spiro atoms. The molecule has 3 aromatic heterocycles. The quantitative estimate of drug-likeness (QED) is 0.167. The number of hydrogen-bond donors (Lipinski definition) is 2. The van der Waals surface area contributed by atoms with Crippen LogP contribution in [-0.4, -0.2) is 117 Å². The van der Waals surface area contributed by atoms with Crippen molar-refractivity contribution in [2.75, 3.05) is 40.4 Å². The molecule has 2 N–H and O–H groups in total. The fourth-order valence-corrected chi connectivity index (χ4v) is 9.85. The van der Waals surface area contributed by atoms with Gasteiger partial charge < -0.3 is 29.2 Å². The lowest BCUT2D eigenvalue weighted by Crippen LogP contribution is -2.62. The molecule has 4 aromatic rings. The maximum absolute atomic E-state index is 14.7. The summed E-state index contributed by atoms with van der Waals surface area (Å²) in [5, 5.41) is 5.20. The number of methoxy groups -OCH3 is 1. The summed E-state index contributed by atoms with van der Waals surface area (Å²) < 4.78 is 15.7. The number of rotatable bonds is 10. The van der Waals surface area contributed by atoms with Gasteiger partial charge in [-0.2, -0.15) is 0 Å². The van der Waals surface area contributed by atoms with E-state index in [2.05, 4.69) is 48.7 Å². The van der Waals surface area contributed by atoms with E-state index in [1.165, 1.54) is 16.0 Å². The number of carbonyl (C=O) groups is 5. The third kappa shape index (κ3) is 9.57. The number of nitrogens with one attached hydrogen (secondary N) is 2. The van der Waals surface area contributed by atoms with Crippen LogP contribution in [0.5, 0.6) is 0 Å². The average molecular weight is 905 g/mol. The van der Waals surface area contributed by atoms with Crippen LogP contribution in [0.2, 0.25) is 0 Å². The number of pyridine rings is 2. The number of amides is 4. The topological polar surface area (TPSA) is 177 Å². The van der Waals surface area contributed by atoms with E-state index in [9.17, 15) is 28.8 Å². The van der Waals surface area contributed by atoms with Crippen LogP contribution in [0.25, 0.3) is 27.8 Å². The third-order valence-electron chi connectivity index (χ3n) is 13.3. The average Bonchev–Trinajstić information content (AvgIpc) is 3.92. The number of benzene rings is 1. The van der Waals surface area contributed by atoms with Gasteiger partial charge >= 0.3 is 5.97 Å². The van der Waals surface area contributed by atoms with Gasteiger partial charge in [-0.25, -0.2) is 5.43 Å². The number of likely N-dealkylation sites (tertiary alicyclic amines) is 1. The number of ether oxygens (including phenoxy) is 2. The molecule has 2 saturated heterocycles. The minimum Gasteiger partial charge on any atom is -0.464 e. The number of esters is 1.